The number of hydrogen-bond acceptors (Lipinski definition) is 3. The SMILES string of the molecule is CC(=O)N1N=C2c3cc(CO)ccc3CCC2C1c1ccc(C)cc1. The van der Waals surface area contributed by atoms with Crippen molar-refractivity contribution >= 4 is 11.6 Å². The van der Waals surface area contributed by atoms with Crippen molar-refractivity contribution in [3.63, 3.8) is 0 Å². The number of carbonyl (C=O) groups excluding carboxylic acids is 1. The van der Waals surface area contributed by atoms with Gasteiger partial charge in [0.15, 0.2) is 0 Å². The van der Waals surface area contributed by atoms with E-state index in [0.29, 0.717) is 0 Å². The van der Waals surface area contributed by atoms with E-state index >= 15 is 0 Å². The number of aliphatic hydroxyl groups excluding tert-OH is 1. The molecule has 2 aromatic carbocycles. The Balaban J connectivity index is 1.80. The van der Waals surface area contributed by atoms with Crippen LogP contribution in [0.4, 0.5) is 0 Å². The average Bonchev–Trinajstić information content (AvgIpc) is 3.02. The molecule has 4 heteroatoms. The fraction of sp³-hybridized carbons (Fsp3) is 0.333. The first-order valence-corrected chi connectivity index (χ1v) is 8.76. The summed E-state index contributed by atoms with van der Waals surface area (Å²) in [5.74, 6) is 0.167. The molecule has 2 atom stereocenters. The van der Waals surface area contributed by atoms with Crippen LogP contribution in [0, 0.1) is 12.8 Å². The molecule has 0 fully saturated rings. The van der Waals surface area contributed by atoms with E-state index in [-0.39, 0.29) is 24.5 Å². The maximum absolute atomic E-state index is 12.3. The number of rotatable bonds is 2. The molecule has 0 saturated heterocycles. The van der Waals surface area contributed by atoms with E-state index in [9.17, 15) is 9.90 Å². The standard InChI is InChI=1S/C21H22N2O2/c1-13-3-6-17(7-4-13)21-18-10-9-16-8-5-15(12-24)11-19(16)20(18)22-23(21)14(2)25/h3-8,11,18,21,24H,9-10,12H2,1-2H3. The molecule has 1 heterocycles. The van der Waals surface area contributed by atoms with Crippen molar-refractivity contribution < 1.29 is 9.90 Å². The van der Waals surface area contributed by atoms with Crippen LogP contribution in [0.15, 0.2) is 47.6 Å². The van der Waals surface area contributed by atoms with E-state index < -0.39 is 0 Å². The molecule has 0 radical (unpaired) electrons. The fourth-order valence-electron chi connectivity index (χ4n) is 4.01. The minimum atomic E-state index is -0.0426. The van der Waals surface area contributed by atoms with Crippen LogP contribution < -0.4 is 0 Å². The lowest BCUT2D eigenvalue weighted by atomic mass is 9.77. The summed E-state index contributed by atoms with van der Waals surface area (Å²) < 4.78 is 0. The number of aryl methyl sites for hydroxylation is 2. The highest BCUT2D eigenvalue weighted by Crippen LogP contribution is 2.43. The van der Waals surface area contributed by atoms with Gasteiger partial charge in [-0.15, -0.1) is 0 Å². The zero-order valence-corrected chi connectivity index (χ0v) is 14.6. The molecule has 1 aliphatic heterocycles. The highest BCUT2D eigenvalue weighted by atomic mass is 16.3. The van der Waals surface area contributed by atoms with Gasteiger partial charge in [0.2, 0.25) is 5.91 Å². The topological polar surface area (TPSA) is 52.9 Å². The molecule has 2 unspecified atom stereocenters. The summed E-state index contributed by atoms with van der Waals surface area (Å²) >= 11 is 0. The van der Waals surface area contributed by atoms with Gasteiger partial charge in [-0.25, -0.2) is 5.01 Å². The molecular weight excluding hydrogens is 312 g/mol. The van der Waals surface area contributed by atoms with Crippen molar-refractivity contribution in [2.45, 2.75) is 39.3 Å². The number of fused-ring (bicyclic) bond motifs is 3. The molecule has 1 aliphatic carbocycles. The van der Waals surface area contributed by atoms with Crippen molar-refractivity contribution in [2.24, 2.45) is 11.0 Å². The Hall–Kier alpha value is -2.46. The molecule has 2 aromatic rings. The number of amides is 1. The summed E-state index contributed by atoms with van der Waals surface area (Å²) in [6, 6.07) is 14.4. The molecule has 4 nitrogen and oxygen atoms in total. The predicted molar refractivity (Wildman–Crippen MR) is 97.2 cm³/mol. The van der Waals surface area contributed by atoms with Crippen LogP contribution in [0.2, 0.25) is 0 Å². The van der Waals surface area contributed by atoms with Crippen LogP contribution in [-0.2, 0) is 17.8 Å². The van der Waals surface area contributed by atoms with Crippen molar-refractivity contribution in [2.75, 3.05) is 0 Å². The number of carbonyl (C=O) groups is 1. The van der Waals surface area contributed by atoms with Gasteiger partial charge in [0.25, 0.3) is 0 Å². The molecule has 0 aromatic heterocycles. The van der Waals surface area contributed by atoms with Crippen molar-refractivity contribution in [1.82, 2.24) is 5.01 Å². The van der Waals surface area contributed by atoms with Crippen molar-refractivity contribution in [3.8, 4) is 0 Å². The van der Waals surface area contributed by atoms with Gasteiger partial charge < -0.3 is 5.11 Å². The molecule has 128 valence electrons. The fourth-order valence-corrected chi connectivity index (χ4v) is 4.01. The first kappa shape index (κ1) is 16.0. The quantitative estimate of drug-likeness (QED) is 0.915. The Morgan fingerprint density at radius 3 is 2.68 bits per heavy atom. The molecular formula is C21H22N2O2. The summed E-state index contributed by atoms with van der Waals surface area (Å²) in [4.78, 5) is 12.3. The Kier molecular flexibility index (Phi) is 3.92. The molecule has 4 rings (SSSR count). The molecule has 25 heavy (non-hydrogen) atoms. The zero-order valence-electron chi connectivity index (χ0n) is 14.6. The molecule has 1 N–H and O–H groups in total. The van der Waals surface area contributed by atoms with Crippen molar-refractivity contribution in [1.29, 1.82) is 0 Å². The summed E-state index contributed by atoms with van der Waals surface area (Å²) in [6.07, 6.45) is 1.95. The minimum absolute atomic E-state index is 0.0169. The molecule has 2 aliphatic rings. The number of nitrogens with zero attached hydrogens (tertiary/aromatic N) is 2. The van der Waals surface area contributed by atoms with Gasteiger partial charge in [-0.3, -0.25) is 4.79 Å². The van der Waals surface area contributed by atoms with Crippen LogP contribution in [-0.4, -0.2) is 21.7 Å². The summed E-state index contributed by atoms with van der Waals surface area (Å²) in [7, 11) is 0. The highest BCUT2D eigenvalue weighted by molar-refractivity contribution is 6.06. The first-order chi connectivity index (χ1) is 12.1. The normalized spacial score (nSPS) is 21.6. The summed E-state index contributed by atoms with van der Waals surface area (Å²) in [5, 5.41) is 15.8. The molecule has 0 spiro atoms. The lowest BCUT2D eigenvalue weighted by Gasteiger charge is -2.29. The second-order valence-corrected chi connectivity index (χ2v) is 7.00. The van der Waals surface area contributed by atoms with Crippen LogP contribution in [0.1, 0.15) is 47.2 Å². The predicted octanol–water partition coefficient (Wildman–Crippen LogP) is 3.36. The largest absolute Gasteiger partial charge is 0.392 e. The Morgan fingerprint density at radius 2 is 2.00 bits per heavy atom. The van der Waals surface area contributed by atoms with E-state index in [1.54, 1.807) is 11.9 Å². The molecule has 0 saturated carbocycles. The first-order valence-electron chi connectivity index (χ1n) is 8.76. The van der Waals surface area contributed by atoms with E-state index in [4.69, 9.17) is 5.10 Å². The summed E-state index contributed by atoms with van der Waals surface area (Å²) in [5.41, 5.74) is 6.54. The number of hydrogen-bond donors (Lipinski definition) is 1. The van der Waals surface area contributed by atoms with E-state index in [1.165, 1.54) is 11.1 Å². The number of aliphatic hydroxyl groups is 1. The van der Waals surface area contributed by atoms with Crippen LogP contribution >= 0.6 is 0 Å². The second-order valence-electron chi connectivity index (χ2n) is 7.00. The number of hydrazone groups is 1. The van der Waals surface area contributed by atoms with E-state index in [1.807, 2.05) is 12.1 Å². The Morgan fingerprint density at radius 1 is 1.24 bits per heavy atom. The average molecular weight is 334 g/mol. The van der Waals surface area contributed by atoms with Gasteiger partial charge in [0.05, 0.1) is 18.4 Å². The maximum Gasteiger partial charge on any atom is 0.240 e. The Bertz CT molecular complexity index is 855. The van der Waals surface area contributed by atoms with Crippen molar-refractivity contribution in [3.05, 3.63) is 70.3 Å². The van der Waals surface area contributed by atoms with Gasteiger partial charge in [0, 0.05) is 18.4 Å². The molecule has 1 amide bonds. The van der Waals surface area contributed by atoms with Crippen LogP contribution in [0.5, 0.6) is 0 Å². The summed E-state index contributed by atoms with van der Waals surface area (Å²) in [6.45, 7) is 3.66. The minimum Gasteiger partial charge on any atom is -0.392 e. The monoisotopic (exact) mass is 334 g/mol. The van der Waals surface area contributed by atoms with E-state index in [0.717, 1.165) is 35.2 Å². The smallest absolute Gasteiger partial charge is 0.240 e. The Labute approximate surface area is 147 Å². The van der Waals surface area contributed by atoms with Gasteiger partial charge in [0.1, 0.15) is 0 Å². The van der Waals surface area contributed by atoms with Gasteiger partial charge >= 0.3 is 0 Å². The van der Waals surface area contributed by atoms with Crippen LogP contribution in [0.25, 0.3) is 0 Å². The zero-order chi connectivity index (χ0) is 17.6. The van der Waals surface area contributed by atoms with Gasteiger partial charge in [-0.1, -0.05) is 42.0 Å². The third kappa shape index (κ3) is 2.67. The van der Waals surface area contributed by atoms with Crippen LogP contribution in [0.3, 0.4) is 0 Å². The lowest BCUT2D eigenvalue weighted by molar-refractivity contribution is -0.131. The third-order valence-electron chi connectivity index (χ3n) is 5.31. The number of benzene rings is 2. The maximum atomic E-state index is 12.3. The van der Waals surface area contributed by atoms with E-state index in [2.05, 4.69) is 37.3 Å². The second kappa shape index (κ2) is 6.12. The van der Waals surface area contributed by atoms with Gasteiger partial charge in [-0.2, -0.15) is 5.10 Å². The third-order valence-corrected chi connectivity index (χ3v) is 5.31. The lowest BCUT2D eigenvalue weighted by Crippen LogP contribution is -2.31. The van der Waals surface area contributed by atoms with Gasteiger partial charge in [-0.05, 0) is 42.5 Å². The molecule has 0 bridgehead atoms. The highest BCUT2D eigenvalue weighted by Gasteiger charge is 2.42.